The Morgan fingerprint density at radius 3 is 2.66 bits per heavy atom. The molecule has 160 valence electrons. The molecule has 0 aliphatic heterocycles. The number of nitrogens with zero attached hydrogens (tertiary/aromatic N) is 7. The van der Waals surface area contributed by atoms with E-state index in [0.29, 0.717) is 39.8 Å². The van der Waals surface area contributed by atoms with E-state index in [1.165, 1.54) is 46.8 Å². The third-order valence-corrected chi connectivity index (χ3v) is 6.08. The van der Waals surface area contributed by atoms with Gasteiger partial charge in [-0.2, -0.15) is 19.6 Å². The summed E-state index contributed by atoms with van der Waals surface area (Å²) in [6.07, 6.45) is 8.74. The number of fused-ring (bicyclic) bond motifs is 2. The summed E-state index contributed by atoms with van der Waals surface area (Å²) in [6.45, 7) is 0. The molecular formula is C22H19FN8O. The molecule has 9 nitrogen and oxygen atoms in total. The van der Waals surface area contributed by atoms with Crippen molar-refractivity contribution in [3.63, 3.8) is 0 Å². The van der Waals surface area contributed by atoms with Crippen LogP contribution in [-0.2, 0) is 0 Å². The molecule has 1 aliphatic carbocycles. The number of H-pyrrole nitrogens is 1. The molecule has 1 aromatic carbocycles. The molecule has 0 saturated heterocycles. The van der Waals surface area contributed by atoms with Crippen LogP contribution >= 0.6 is 0 Å². The molecule has 10 heteroatoms. The number of nitrogens with one attached hydrogen (secondary N) is 1. The van der Waals surface area contributed by atoms with Gasteiger partial charge in [0, 0.05) is 17.7 Å². The zero-order valence-corrected chi connectivity index (χ0v) is 17.1. The Labute approximate surface area is 181 Å². The molecule has 1 fully saturated rings. The summed E-state index contributed by atoms with van der Waals surface area (Å²) in [6, 6.07) is 7.64. The smallest absolute Gasteiger partial charge is 0.268 e. The van der Waals surface area contributed by atoms with Gasteiger partial charge in [0.2, 0.25) is 0 Å². The van der Waals surface area contributed by atoms with Crippen LogP contribution in [0.15, 0.2) is 47.7 Å². The zero-order valence-electron chi connectivity index (χ0n) is 17.1. The summed E-state index contributed by atoms with van der Waals surface area (Å²) in [5, 5.41) is 11.9. The van der Waals surface area contributed by atoms with Gasteiger partial charge in [-0.25, -0.2) is 13.9 Å². The summed E-state index contributed by atoms with van der Waals surface area (Å²) < 4.78 is 16.5. The molecule has 5 aromatic rings. The fourth-order valence-corrected chi connectivity index (χ4v) is 4.49. The second-order valence-electron chi connectivity index (χ2n) is 8.05. The molecule has 1 saturated carbocycles. The highest BCUT2D eigenvalue weighted by Crippen LogP contribution is 2.31. The largest absolute Gasteiger partial charge is 0.269 e. The Morgan fingerprint density at radius 2 is 1.84 bits per heavy atom. The van der Waals surface area contributed by atoms with Crippen molar-refractivity contribution in [1.29, 1.82) is 0 Å². The number of aromatic nitrogens is 8. The number of rotatable bonds is 3. The van der Waals surface area contributed by atoms with E-state index in [-0.39, 0.29) is 11.4 Å². The molecule has 1 N–H and O–H groups in total. The lowest BCUT2D eigenvalue weighted by molar-refractivity contribution is 0.429. The average molecular weight is 430 g/mol. The summed E-state index contributed by atoms with van der Waals surface area (Å²) in [7, 11) is 0. The Morgan fingerprint density at radius 1 is 1.03 bits per heavy atom. The molecule has 4 heterocycles. The number of hydrogen-bond donors (Lipinski definition) is 1. The second-order valence-corrected chi connectivity index (χ2v) is 8.05. The maximum absolute atomic E-state index is 13.6. The van der Waals surface area contributed by atoms with Crippen LogP contribution < -0.4 is 5.56 Å². The second kappa shape index (κ2) is 7.33. The summed E-state index contributed by atoms with van der Waals surface area (Å²) in [5.41, 5.74) is 1.25. The Bertz CT molecular complexity index is 1490. The van der Waals surface area contributed by atoms with Crippen LogP contribution in [0.1, 0.15) is 43.8 Å². The lowest BCUT2D eigenvalue weighted by Crippen LogP contribution is -2.21. The predicted molar refractivity (Wildman–Crippen MR) is 115 cm³/mol. The monoisotopic (exact) mass is 430 g/mol. The standard InChI is InChI=1S/C22H19FN8O/c23-15-8-6-13(7-9-15)18-17-16(26-21-24-12-25-31(18)21)10-11-30(20(17)32)22-27-19(28-29-22)14-4-2-1-3-5-14/h6-12,14H,1-5H2,(H,27,28,29). The van der Waals surface area contributed by atoms with Crippen molar-refractivity contribution >= 4 is 16.7 Å². The molecule has 0 amide bonds. The van der Waals surface area contributed by atoms with Crippen LogP contribution in [0.2, 0.25) is 0 Å². The third-order valence-electron chi connectivity index (χ3n) is 6.08. The number of benzene rings is 1. The average Bonchev–Trinajstić information content (AvgIpc) is 3.49. The van der Waals surface area contributed by atoms with Crippen molar-refractivity contribution in [3.05, 3.63) is 64.9 Å². The van der Waals surface area contributed by atoms with Gasteiger partial charge >= 0.3 is 0 Å². The summed E-state index contributed by atoms with van der Waals surface area (Å²) >= 11 is 0. The highest BCUT2D eigenvalue weighted by Gasteiger charge is 2.22. The van der Waals surface area contributed by atoms with Gasteiger partial charge in [0.05, 0.1) is 16.6 Å². The van der Waals surface area contributed by atoms with Crippen molar-refractivity contribution in [1.82, 2.24) is 39.3 Å². The first-order chi connectivity index (χ1) is 15.7. The van der Waals surface area contributed by atoms with E-state index >= 15 is 0 Å². The lowest BCUT2D eigenvalue weighted by Gasteiger charge is -2.18. The van der Waals surface area contributed by atoms with Gasteiger partial charge < -0.3 is 0 Å². The fraction of sp³-hybridized carbons (Fsp3) is 0.273. The van der Waals surface area contributed by atoms with Gasteiger partial charge in [-0.1, -0.05) is 19.3 Å². The Balaban J connectivity index is 1.56. The van der Waals surface area contributed by atoms with Crippen LogP contribution in [0.5, 0.6) is 0 Å². The molecule has 1 aliphatic rings. The highest BCUT2D eigenvalue weighted by molar-refractivity contribution is 5.93. The van der Waals surface area contributed by atoms with Crippen molar-refractivity contribution in [3.8, 4) is 17.2 Å². The van der Waals surface area contributed by atoms with Crippen LogP contribution in [-0.4, -0.2) is 39.3 Å². The van der Waals surface area contributed by atoms with Crippen LogP contribution in [0.4, 0.5) is 4.39 Å². The minimum absolute atomic E-state index is 0.293. The van der Waals surface area contributed by atoms with E-state index in [9.17, 15) is 9.18 Å². The topological polar surface area (TPSA) is 107 Å². The van der Waals surface area contributed by atoms with E-state index in [1.54, 1.807) is 24.4 Å². The quantitative estimate of drug-likeness (QED) is 0.470. The zero-order chi connectivity index (χ0) is 21.7. The summed E-state index contributed by atoms with van der Waals surface area (Å²) in [4.78, 5) is 26.9. The van der Waals surface area contributed by atoms with Gasteiger partial charge in [0.1, 0.15) is 18.0 Å². The first kappa shape index (κ1) is 18.8. The first-order valence-corrected chi connectivity index (χ1v) is 10.6. The van der Waals surface area contributed by atoms with Gasteiger partial charge in [0.25, 0.3) is 17.3 Å². The maximum atomic E-state index is 13.6. The number of halogens is 1. The molecule has 0 spiro atoms. The molecule has 32 heavy (non-hydrogen) atoms. The SMILES string of the molecule is O=c1c2c(-c3ccc(F)cc3)n3ncnc3nc2ccn1-c1n[nH]c(C2CCCCC2)n1. The van der Waals surface area contributed by atoms with Gasteiger partial charge in [0.15, 0.2) is 0 Å². The van der Waals surface area contributed by atoms with Gasteiger partial charge in [-0.3, -0.25) is 9.89 Å². The lowest BCUT2D eigenvalue weighted by atomic mass is 9.89. The van der Waals surface area contributed by atoms with Crippen molar-refractivity contribution < 1.29 is 4.39 Å². The Hall–Kier alpha value is -3.95. The number of hydrogen-bond acceptors (Lipinski definition) is 6. The minimum atomic E-state index is -0.365. The minimum Gasteiger partial charge on any atom is -0.268 e. The summed E-state index contributed by atoms with van der Waals surface area (Å²) in [5.74, 6) is 1.44. The molecular weight excluding hydrogens is 411 g/mol. The number of pyridine rings is 1. The number of aromatic amines is 1. The van der Waals surface area contributed by atoms with E-state index in [1.807, 2.05) is 0 Å². The predicted octanol–water partition coefficient (Wildman–Crippen LogP) is 3.40. The highest BCUT2D eigenvalue weighted by atomic mass is 19.1. The van der Waals surface area contributed by atoms with Crippen LogP contribution in [0.3, 0.4) is 0 Å². The molecule has 0 radical (unpaired) electrons. The van der Waals surface area contributed by atoms with E-state index < -0.39 is 0 Å². The molecule has 0 bridgehead atoms. The van der Waals surface area contributed by atoms with Crippen molar-refractivity contribution in [2.24, 2.45) is 0 Å². The van der Waals surface area contributed by atoms with Gasteiger partial charge in [-0.05, 0) is 43.2 Å². The Kier molecular flexibility index (Phi) is 4.30. The first-order valence-electron chi connectivity index (χ1n) is 10.6. The maximum Gasteiger partial charge on any atom is 0.269 e. The van der Waals surface area contributed by atoms with E-state index in [0.717, 1.165) is 18.7 Å². The van der Waals surface area contributed by atoms with Crippen LogP contribution in [0, 0.1) is 5.82 Å². The van der Waals surface area contributed by atoms with Crippen molar-refractivity contribution in [2.45, 2.75) is 38.0 Å². The molecule has 0 unspecified atom stereocenters. The molecule has 0 atom stereocenters. The van der Waals surface area contributed by atoms with Crippen molar-refractivity contribution in [2.75, 3.05) is 0 Å². The molecule has 4 aromatic heterocycles. The molecule has 6 rings (SSSR count). The normalized spacial score (nSPS) is 15.0. The van der Waals surface area contributed by atoms with Crippen LogP contribution in [0.25, 0.3) is 33.9 Å². The van der Waals surface area contributed by atoms with Gasteiger partial charge in [-0.15, -0.1) is 5.10 Å². The van der Waals surface area contributed by atoms with E-state index in [4.69, 9.17) is 0 Å². The van der Waals surface area contributed by atoms with E-state index in [2.05, 4.69) is 30.2 Å². The third kappa shape index (κ3) is 2.98. The fourth-order valence-electron chi connectivity index (χ4n) is 4.49.